The van der Waals surface area contributed by atoms with E-state index >= 15 is 0 Å². The average Bonchev–Trinajstić information content (AvgIpc) is 3.29. The fraction of sp³-hybridized carbons (Fsp3) is 0.314. The molecule has 1 aliphatic heterocycles. The minimum Gasteiger partial charge on any atom is -0.406 e. The van der Waals surface area contributed by atoms with Crippen LogP contribution in [-0.4, -0.2) is 33.0 Å². The van der Waals surface area contributed by atoms with Crippen LogP contribution in [0.25, 0.3) is 0 Å². The first kappa shape index (κ1) is 27.5. The van der Waals surface area contributed by atoms with Gasteiger partial charge in [0, 0.05) is 37.4 Å². The maximum atomic E-state index is 7.30. The molecule has 4 aromatic carbocycles. The minimum absolute atomic E-state index is 0.0566. The maximum Gasteiger partial charge on any atom is 0.261 e. The zero-order valence-corrected chi connectivity index (χ0v) is 24.8. The molecular formula is C35H41NO2Si. The van der Waals surface area contributed by atoms with E-state index in [2.05, 4.69) is 148 Å². The highest BCUT2D eigenvalue weighted by atomic mass is 28.4. The van der Waals surface area contributed by atoms with Crippen LogP contribution < -0.4 is 10.4 Å². The molecule has 0 fully saturated rings. The van der Waals surface area contributed by atoms with E-state index in [-0.39, 0.29) is 5.04 Å². The first-order valence-corrected chi connectivity index (χ1v) is 16.1. The Labute approximate surface area is 235 Å². The van der Waals surface area contributed by atoms with Gasteiger partial charge in [0.25, 0.3) is 8.32 Å². The number of hydrogen-bond donors (Lipinski definition) is 0. The van der Waals surface area contributed by atoms with Gasteiger partial charge in [0.15, 0.2) is 5.72 Å². The first-order valence-electron chi connectivity index (χ1n) is 14.2. The van der Waals surface area contributed by atoms with E-state index in [4.69, 9.17) is 9.16 Å². The van der Waals surface area contributed by atoms with Crippen LogP contribution >= 0.6 is 0 Å². The highest BCUT2D eigenvalue weighted by Gasteiger charge is 2.51. The van der Waals surface area contributed by atoms with Gasteiger partial charge in [-0.05, 0) is 27.4 Å². The van der Waals surface area contributed by atoms with Crippen molar-refractivity contribution in [3.05, 3.63) is 132 Å². The van der Waals surface area contributed by atoms with Crippen molar-refractivity contribution < 1.29 is 9.16 Å². The van der Waals surface area contributed by atoms with Gasteiger partial charge in [-0.3, -0.25) is 4.90 Å². The fourth-order valence-electron chi connectivity index (χ4n) is 6.29. The molecule has 0 N–H and O–H groups in total. The summed E-state index contributed by atoms with van der Waals surface area (Å²) in [7, 11) is -2.62. The van der Waals surface area contributed by atoms with Crippen LogP contribution in [0, 0.1) is 0 Å². The average molecular weight is 536 g/mol. The zero-order valence-electron chi connectivity index (χ0n) is 23.8. The molecule has 0 amide bonds. The van der Waals surface area contributed by atoms with Gasteiger partial charge in [0.05, 0.1) is 0 Å². The summed E-state index contributed by atoms with van der Waals surface area (Å²) in [6.45, 7) is 12.1. The summed E-state index contributed by atoms with van der Waals surface area (Å²) in [5.41, 5.74) is 3.12. The Morgan fingerprint density at radius 3 is 1.82 bits per heavy atom. The largest absolute Gasteiger partial charge is 0.406 e. The molecule has 5 rings (SSSR count). The van der Waals surface area contributed by atoms with E-state index in [9.17, 15) is 0 Å². The Kier molecular flexibility index (Phi) is 8.20. The van der Waals surface area contributed by atoms with Gasteiger partial charge in [-0.1, -0.05) is 143 Å². The second-order valence-corrected chi connectivity index (χ2v) is 15.8. The molecule has 0 bridgehead atoms. The normalized spacial score (nSPS) is 17.7. The van der Waals surface area contributed by atoms with Crippen molar-refractivity contribution in [1.29, 1.82) is 0 Å². The quantitative estimate of drug-likeness (QED) is 0.211. The highest BCUT2D eigenvalue weighted by molar-refractivity contribution is 6.99. The number of nitrogens with zero attached hydrogens (tertiary/aromatic N) is 1. The Balaban J connectivity index is 1.53. The maximum absolute atomic E-state index is 7.30. The summed E-state index contributed by atoms with van der Waals surface area (Å²) in [4.78, 5) is 2.49. The van der Waals surface area contributed by atoms with Crippen LogP contribution in [0.15, 0.2) is 115 Å². The summed E-state index contributed by atoms with van der Waals surface area (Å²) >= 11 is 0. The van der Waals surface area contributed by atoms with E-state index in [1.54, 1.807) is 0 Å². The molecule has 1 heterocycles. The molecule has 1 atom stereocenters. The summed E-state index contributed by atoms with van der Waals surface area (Å²) in [5, 5.41) is 2.56. The Morgan fingerprint density at radius 2 is 1.26 bits per heavy atom. The molecule has 0 saturated carbocycles. The second-order valence-electron chi connectivity index (χ2n) is 11.4. The molecule has 1 unspecified atom stereocenters. The van der Waals surface area contributed by atoms with Crippen molar-refractivity contribution in [3.8, 4) is 0 Å². The first-order chi connectivity index (χ1) is 18.9. The number of ether oxygens (including phenoxy) is 1. The van der Waals surface area contributed by atoms with Gasteiger partial charge in [0.1, 0.15) is 0 Å². The van der Waals surface area contributed by atoms with Gasteiger partial charge >= 0.3 is 0 Å². The Morgan fingerprint density at radius 1 is 0.718 bits per heavy atom. The lowest BCUT2D eigenvalue weighted by Gasteiger charge is -2.44. The molecule has 202 valence electrons. The standard InChI is InChI=1S/C35H41NO2Si/c1-5-26-37-35(30-18-9-6-10-19-30)33-24-16-15-17-29(33)28-36(35)25-27-38-39(34(2,3)4,31-20-11-7-12-21-31)32-22-13-8-14-23-32/h6-24H,5,25-28H2,1-4H3. The van der Waals surface area contributed by atoms with Crippen LogP contribution in [0.2, 0.25) is 5.04 Å². The van der Waals surface area contributed by atoms with Crippen LogP contribution in [-0.2, 0) is 21.4 Å². The minimum atomic E-state index is -2.62. The van der Waals surface area contributed by atoms with Crippen molar-refractivity contribution in [2.75, 3.05) is 19.8 Å². The number of fused-ring (bicyclic) bond motifs is 1. The summed E-state index contributed by atoms with van der Waals surface area (Å²) in [6, 6.07) is 41.3. The zero-order chi connectivity index (χ0) is 27.3. The molecule has 0 spiro atoms. The predicted octanol–water partition coefficient (Wildman–Crippen LogP) is 6.71. The van der Waals surface area contributed by atoms with Gasteiger partial charge < -0.3 is 9.16 Å². The molecule has 0 saturated heterocycles. The highest BCUT2D eigenvalue weighted by Crippen LogP contribution is 2.45. The summed E-state index contributed by atoms with van der Waals surface area (Å²) in [6.07, 6.45) is 0.961. The Bertz CT molecular complexity index is 1300. The monoisotopic (exact) mass is 535 g/mol. The smallest absolute Gasteiger partial charge is 0.261 e. The van der Waals surface area contributed by atoms with Crippen molar-refractivity contribution in [2.24, 2.45) is 0 Å². The lowest BCUT2D eigenvalue weighted by molar-refractivity contribution is -0.129. The number of benzene rings is 4. The third-order valence-corrected chi connectivity index (χ3v) is 13.0. The van der Waals surface area contributed by atoms with Gasteiger partial charge in [-0.2, -0.15) is 0 Å². The van der Waals surface area contributed by atoms with E-state index in [1.807, 2.05) is 0 Å². The van der Waals surface area contributed by atoms with Crippen molar-refractivity contribution in [1.82, 2.24) is 4.90 Å². The van der Waals surface area contributed by atoms with Gasteiger partial charge in [0.2, 0.25) is 0 Å². The predicted molar refractivity (Wildman–Crippen MR) is 164 cm³/mol. The van der Waals surface area contributed by atoms with Crippen molar-refractivity contribution in [3.63, 3.8) is 0 Å². The molecule has 4 heteroatoms. The van der Waals surface area contributed by atoms with Crippen molar-refractivity contribution in [2.45, 2.75) is 51.4 Å². The summed E-state index contributed by atoms with van der Waals surface area (Å²) < 4.78 is 14.2. The van der Waals surface area contributed by atoms with E-state index in [0.717, 1.165) is 19.5 Å². The molecule has 0 aliphatic carbocycles. The third kappa shape index (κ3) is 5.03. The van der Waals surface area contributed by atoms with Crippen molar-refractivity contribution >= 4 is 18.7 Å². The molecule has 4 aromatic rings. The lowest BCUT2D eigenvalue weighted by atomic mass is 9.93. The van der Waals surface area contributed by atoms with Gasteiger partial charge in [-0.15, -0.1) is 0 Å². The van der Waals surface area contributed by atoms with Crippen LogP contribution in [0.3, 0.4) is 0 Å². The van der Waals surface area contributed by atoms with Crippen LogP contribution in [0.1, 0.15) is 50.8 Å². The molecular weight excluding hydrogens is 494 g/mol. The van der Waals surface area contributed by atoms with E-state index in [0.29, 0.717) is 13.2 Å². The second kappa shape index (κ2) is 11.6. The van der Waals surface area contributed by atoms with E-state index < -0.39 is 14.0 Å². The van der Waals surface area contributed by atoms with Gasteiger partial charge in [-0.25, -0.2) is 0 Å². The van der Waals surface area contributed by atoms with Crippen LogP contribution in [0.5, 0.6) is 0 Å². The third-order valence-electron chi connectivity index (χ3n) is 7.97. The molecule has 1 aliphatic rings. The van der Waals surface area contributed by atoms with E-state index in [1.165, 1.54) is 27.1 Å². The van der Waals surface area contributed by atoms with Crippen LogP contribution in [0.4, 0.5) is 0 Å². The topological polar surface area (TPSA) is 21.7 Å². The lowest BCUT2D eigenvalue weighted by Crippen LogP contribution is -2.67. The molecule has 0 aromatic heterocycles. The molecule has 39 heavy (non-hydrogen) atoms. The molecule has 3 nitrogen and oxygen atoms in total. The fourth-order valence-corrected chi connectivity index (χ4v) is 10.8. The SMILES string of the molecule is CCCOC1(c2ccccc2)c2ccccc2CN1CCO[Si](c1ccccc1)(c1ccccc1)C(C)(C)C. The number of rotatable bonds is 10. The Hall–Kier alpha value is -3.02. The molecule has 0 radical (unpaired) electrons. The summed E-state index contributed by atoms with van der Waals surface area (Å²) in [5.74, 6) is 0. The number of hydrogen-bond acceptors (Lipinski definition) is 3.